The molecule has 3 heteroatoms. The summed E-state index contributed by atoms with van der Waals surface area (Å²) in [5.41, 5.74) is 3.35. The lowest BCUT2D eigenvalue weighted by molar-refractivity contribution is 0.296. The summed E-state index contributed by atoms with van der Waals surface area (Å²) in [5.74, 6) is 1.35. The summed E-state index contributed by atoms with van der Waals surface area (Å²) in [6, 6.07) is 10.4. The van der Waals surface area contributed by atoms with Gasteiger partial charge in [-0.05, 0) is 24.0 Å². The molecule has 0 spiro atoms. The molecule has 0 aliphatic rings. The average Bonchev–Trinajstić information content (AvgIpc) is 2.40. The molecule has 0 unspecified atom stereocenters. The van der Waals surface area contributed by atoms with Crippen LogP contribution in [-0.2, 0) is 12.8 Å². The number of benzene rings is 1. The second-order valence-electron chi connectivity index (χ2n) is 5.13. The molecule has 0 atom stereocenters. The van der Waals surface area contributed by atoms with Gasteiger partial charge < -0.3 is 5.11 Å². The van der Waals surface area contributed by atoms with Crippen molar-refractivity contribution >= 4 is 0 Å². The lowest BCUT2D eigenvalue weighted by atomic mass is 10.0. The second kappa shape index (κ2) is 6.43. The van der Waals surface area contributed by atoms with Gasteiger partial charge in [0.1, 0.15) is 5.82 Å². The Morgan fingerprint density at radius 2 is 1.84 bits per heavy atom. The zero-order valence-corrected chi connectivity index (χ0v) is 11.5. The first-order chi connectivity index (χ1) is 9.19. The molecule has 0 aliphatic carbocycles. The Hall–Kier alpha value is -1.74. The Morgan fingerprint density at radius 3 is 2.47 bits per heavy atom. The van der Waals surface area contributed by atoms with E-state index in [9.17, 15) is 0 Å². The van der Waals surface area contributed by atoms with Crippen LogP contribution < -0.4 is 0 Å². The van der Waals surface area contributed by atoms with E-state index in [0.717, 1.165) is 17.7 Å². The number of nitrogens with zero attached hydrogens (tertiary/aromatic N) is 2. The van der Waals surface area contributed by atoms with E-state index >= 15 is 0 Å². The fraction of sp³-hybridized carbons (Fsp3) is 0.375. The second-order valence-corrected chi connectivity index (χ2v) is 5.13. The van der Waals surface area contributed by atoms with Crippen molar-refractivity contribution in [2.45, 2.75) is 26.7 Å². The van der Waals surface area contributed by atoms with Gasteiger partial charge in [-0.3, -0.25) is 0 Å². The van der Waals surface area contributed by atoms with E-state index < -0.39 is 0 Å². The lowest BCUT2D eigenvalue weighted by Crippen LogP contribution is -1.99. The topological polar surface area (TPSA) is 46.0 Å². The molecule has 2 aromatic rings. The summed E-state index contributed by atoms with van der Waals surface area (Å²) in [6.07, 6.45) is 3.34. The number of aliphatic hydroxyl groups excluding tert-OH is 1. The van der Waals surface area contributed by atoms with Crippen LogP contribution in [0, 0.1) is 5.92 Å². The molecule has 1 aromatic heterocycles. The summed E-state index contributed by atoms with van der Waals surface area (Å²) < 4.78 is 0. The van der Waals surface area contributed by atoms with E-state index in [1.165, 1.54) is 5.56 Å². The summed E-state index contributed by atoms with van der Waals surface area (Å²) in [6.45, 7) is 4.52. The van der Waals surface area contributed by atoms with E-state index in [-0.39, 0.29) is 6.61 Å². The van der Waals surface area contributed by atoms with Crippen molar-refractivity contribution in [2.24, 2.45) is 5.92 Å². The Morgan fingerprint density at radius 1 is 1.11 bits per heavy atom. The highest BCUT2D eigenvalue weighted by molar-refractivity contribution is 5.59. The van der Waals surface area contributed by atoms with Gasteiger partial charge >= 0.3 is 0 Å². The van der Waals surface area contributed by atoms with Gasteiger partial charge in [0.25, 0.3) is 0 Å². The van der Waals surface area contributed by atoms with E-state index in [2.05, 4.69) is 48.1 Å². The minimum absolute atomic E-state index is 0.0801. The first-order valence-corrected chi connectivity index (χ1v) is 6.71. The molecule has 1 N–H and O–H groups in total. The van der Waals surface area contributed by atoms with Crippen LogP contribution in [0.3, 0.4) is 0 Å². The summed E-state index contributed by atoms with van der Waals surface area (Å²) in [4.78, 5) is 8.59. The smallest absolute Gasteiger partial charge is 0.131 e. The van der Waals surface area contributed by atoms with Crippen molar-refractivity contribution in [3.63, 3.8) is 0 Å². The molecule has 0 saturated carbocycles. The van der Waals surface area contributed by atoms with Gasteiger partial charge in [0, 0.05) is 18.2 Å². The van der Waals surface area contributed by atoms with Crippen LogP contribution in [0.2, 0.25) is 0 Å². The van der Waals surface area contributed by atoms with Gasteiger partial charge in [-0.15, -0.1) is 0 Å². The zero-order valence-electron chi connectivity index (χ0n) is 11.5. The first kappa shape index (κ1) is 13.7. The molecule has 0 saturated heterocycles. The van der Waals surface area contributed by atoms with Crippen molar-refractivity contribution in [1.29, 1.82) is 0 Å². The van der Waals surface area contributed by atoms with Crippen molar-refractivity contribution in [2.75, 3.05) is 6.61 Å². The van der Waals surface area contributed by atoms with Crippen LogP contribution in [0.25, 0.3) is 11.3 Å². The number of aliphatic hydroxyl groups is 1. The maximum Gasteiger partial charge on any atom is 0.131 e. The van der Waals surface area contributed by atoms with E-state index in [4.69, 9.17) is 5.11 Å². The highest BCUT2D eigenvalue weighted by Crippen LogP contribution is 2.18. The van der Waals surface area contributed by atoms with Crippen LogP contribution in [0.4, 0.5) is 0 Å². The predicted octanol–water partition coefficient (Wildman–Crippen LogP) is 2.88. The van der Waals surface area contributed by atoms with Gasteiger partial charge in [0.05, 0.1) is 12.3 Å². The number of aromatic nitrogens is 2. The monoisotopic (exact) mass is 256 g/mol. The van der Waals surface area contributed by atoms with Crippen LogP contribution >= 0.6 is 0 Å². The molecule has 2 rings (SSSR count). The normalized spacial score (nSPS) is 10.9. The van der Waals surface area contributed by atoms with E-state index in [0.29, 0.717) is 18.2 Å². The number of rotatable bonds is 5. The van der Waals surface area contributed by atoms with E-state index in [1.807, 2.05) is 6.07 Å². The Bertz CT molecular complexity index is 521. The molecule has 19 heavy (non-hydrogen) atoms. The van der Waals surface area contributed by atoms with E-state index in [1.54, 1.807) is 6.20 Å². The zero-order chi connectivity index (χ0) is 13.7. The summed E-state index contributed by atoms with van der Waals surface area (Å²) in [5, 5.41) is 8.92. The quantitative estimate of drug-likeness (QED) is 0.894. The Balaban J connectivity index is 2.19. The third-order valence-electron chi connectivity index (χ3n) is 2.93. The lowest BCUT2D eigenvalue weighted by Gasteiger charge is -2.07. The van der Waals surface area contributed by atoms with Crippen LogP contribution in [0.1, 0.15) is 25.2 Å². The average molecular weight is 256 g/mol. The largest absolute Gasteiger partial charge is 0.396 e. The van der Waals surface area contributed by atoms with Gasteiger partial charge in [-0.2, -0.15) is 0 Å². The molecular weight excluding hydrogens is 236 g/mol. The molecule has 3 nitrogen and oxygen atoms in total. The Labute approximate surface area is 114 Å². The molecule has 0 fully saturated rings. The minimum atomic E-state index is 0.0801. The van der Waals surface area contributed by atoms with Gasteiger partial charge in [-0.1, -0.05) is 38.1 Å². The van der Waals surface area contributed by atoms with Gasteiger partial charge in [0.15, 0.2) is 0 Å². The molecule has 100 valence electrons. The van der Waals surface area contributed by atoms with Crippen LogP contribution in [0.15, 0.2) is 36.5 Å². The number of hydrogen-bond donors (Lipinski definition) is 1. The predicted molar refractivity (Wildman–Crippen MR) is 76.8 cm³/mol. The molecule has 0 amide bonds. The van der Waals surface area contributed by atoms with Crippen molar-refractivity contribution in [1.82, 2.24) is 9.97 Å². The fourth-order valence-corrected chi connectivity index (χ4v) is 2.06. The number of hydrogen-bond acceptors (Lipinski definition) is 3. The molecule has 0 radical (unpaired) electrons. The summed E-state index contributed by atoms with van der Waals surface area (Å²) >= 11 is 0. The molecular formula is C16H20N2O. The van der Waals surface area contributed by atoms with Gasteiger partial charge in [0.2, 0.25) is 0 Å². The van der Waals surface area contributed by atoms with Crippen molar-refractivity contribution in [3.05, 3.63) is 47.9 Å². The van der Waals surface area contributed by atoms with Crippen molar-refractivity contribution in [3.8, 4) is 11.3 Å². The Kier molecular flexibility index (Phi) is 4.63. The highest BCUT2D eigenvalue weighted by atomic mass is 16.3. The van der Waals surface area contributed by atoms with Gasteiger partial charge in [-0.25, -0.2) is 9.97 Å². The highest BCUT2D eigenvalue weighted by Gasteiger charge is 2.03. The van der Waals surface area contributed by atoms with Crippen LogP contribution in [0.5, 0.6) is 0 Å². The first-order valence-electron chi connectivity index (χ1n) is 6.71. The maximum absolute atomic E-state index is 8.92. The minimum Gasteiger partial charge on any atom is -0.396 e. The SMILES string of the molecule is CC(C)Cc1ccc(-c2ccnc(CCO)n2)cc1. The third-order valence-corrected chi connectivity index (χ3v) is 2.93. The fourth-order valence-electron chi connectivity index (χ4n) is 2.06. The maximum atomic E-state index is 8.92. The third kappa shape index (κ3) is 3.86. The van der Waals surface area contributed by atoms with Crippen molar-refractivity contribution < 1.29 is 5.11 Å². The molecule has 0 bridgehead atoms. The molecule has 0 aliphatic heterocycles. The van der Waals surface area contributed by atoms with Crippen LogP contribution in [-0.4, -0.2) is 21.7 Å². The molecule has 1 aromatic carbocycles. The standard InChI is InChI=1S/C16H20N2O/c1-12(2)11-13-3-5-14(6-4-13)15-7-9-17-16(18-15)8-10-19/h3-7,9,12,19H,8,10-11H2,1-2H3. The summed E-state index contributed by atoms with van der Waals surface area (Å²) in [7, 11) is 0. The molecule has 1 heterocycles.